The Labute approximate surface area is 83.9 Å². The summed E-state index contributed by atoms with van der Waals surface area (Å²) in [7, 11) is 0. The average Bonchev–Trinajstić information content (AvgIpc) is 2.48. The van der Waals surface area contributed by atoms with Gasteiger partial charge in [0.1, 0.15) is 11.9 Å². The van der Waals surface area contributed by atoms with E-state index in [0.717, 1.165) is 12.1 Å². The van der Waals surface area contributed by atoms with Gasteiger partial charge in [0, 0.05) is 6.20 Å². The first-order valence-electron chi connectivity index (χ1n) is 4.68. The molecule has 0 aliphatic carbocycles. The minimum Gasteiger partial charge on any atom is -0.443 e. The van der Waals surface area contributed by atoms with Crippen LogP contribution in [0.15, 0.2) is 12.5 Å². The second-order valence-corrected chi connectivity index (χ2v) is 4.11. The van der Waals surface area contributed by atoms with E-state index in [1.54, 1.807) is 6.20 Å². The number of imidazole rings is 1. The van der Waals surface area contributed by atoms with Crippen molar-refractivity contribution in [3.63, 3.8) is 0 Å². The van der Waals surface area contributed by atoms with Crippen LogP contribution in [0, 0.1) is 0 Å². The minimum atomic E-state index is -0.465. The van der Waals surface area contributed by atoms with E-state index in [4.69, 9.17) is 4.74 Å². The molecule has 14 heavy (non-hydrogen) atoms. The van der Waals surface area contributed by atoms with Crippen LogP contribution >= 0.6 is 0 Å². The van der Waals surface area contributed by atoms with Gasteiger partial charge in [-0.2, -0.15) is 0 Å². The molecule has 0 spiro atoms. The fraction of sp³-hybridized carbons (Fsp3) is 0.600. The van der Waals surface area contributed by atoms with Crippen LogP contribution in [0.5, 0.6) is 0 Å². The summed E-state index contributed by atoms with van der Waals surface area (Å²) in [6, 6.07) is 0. The second-order valence-electron chi connectivity index (χ2n) is 4.11. The Balaban J connectivity index is 2.70. The third-order valence-corrected chi connectivity index (χ3v) is 1.60. The lowest BCUT2D eigenvalue weighted by molar-refractivity contribution is 0.0536. The summed E-state index contributed by atoms with van der Waals surface area (Å²) < 4.78 is 6.53. The highest BCUT2D eigenvalue weighted by molar-refractivity contribution is 5.70. The molecule has 0 aliphatic heterocycles. The topological polar surface area (TPSA) is 44.1 Å². The summed E-state index contributed by atoms with van der Waals surface area (Å²) in [6.45, 7) is 7.50. The highest BCUT2D eigenvalue weighted by atomic mass is 16.6. The Morgan fingerprint density at radius 3 is 2.64 bits per heavy atom. The Morgan fingerprint density at radius 1 is 1.57 bits per heavy atom. The molecular formula is C10H16N2O2. The number of carbonyl (C=O) groups is 1. The van der Waals surface area contributed by atoms with Crippen LogP contribution in [0.2, 0.25) is 0 Å². The van der Waals surface area contributed by atoms with E-state index in [1.807, 2.05) is 27.7 Å². The van der Waals surface area contributed by atoms with Crippen LogP contribution in [-0.4, -0.2) is 21.2 Å². The lowest BCUT2D eigenvalue weighted by atomic mass is 10.2. The predicted octanol–water partition coefficient (Wildman–Crippen LogP) is 2.23. The molecule has 0 saturated heterocycles. The van der Waals surface area contributed by atoms with E-state index in [0.29, 0.717) is 0 Å². The Kier molecular flexibility index (Phi) is 2.93. The van der Waals surface area contributed by atoms with Gasteiger partial charge in [0.25, 0.3) is 0 Å². The molecular weight excluding hydrogens is 180 g/mol. The van der Waals surface area contributed by atoms with Crippen LogP contribution in [0.1, 0.15) is 33.4 Å². The van der Waals surface area contributed by atoms with Gasteiger partial charge in [0.2, 0.25) is 0 Å². The van der Waals surface area contributed by atoms with Crippen molar-refractivity contribution in [3.8, 4) is 0 Å². The van der Waals surface area contributed by atoms with Crippen LogP contribution in [0.25, 0.3) is 0 Å². The highest BCUT2D eigenvalue weighted by Gasteiger charge is 2.17. The standard InChI is InChI=1S/C10H16N2O2/c1-5-8-6-12(7-11-8)9(13)14-10(2,3)4/h6-7H,5H2,1-4H3. The summed E-state index contributed by atoms with van der Waals surface area (Å²) >= 11 is 0. The van der Waals surface area contributed by atoms with Gasteiger partial charge >= 0.3 is 6.09 Å². The third-order valence-electron chi connectivity index (χ3n) is 1.60. The summed E-state index contributed by atoms with van der Waals surface area (Å²) in [6.07, 6.45) is 3.60. The molecule has 0 N–H and O–H groups in total. The zero-order valence-electron chi connectivity index (χ0n) is 9.07. The number of carbonyl (C=O) groups excluding carboxylic acids is 1. The lowest BCUT2D eigenvalue weighted by Gasteiger charge is -2.19. The maximum Gasteiger partial charge on any atom is 0.419 e. The third kappa shape index (κ3) is 2.87. The molecule has 0 aromatic carbocycles. The predicted molar refractivity (Wildman–Crippen MR) is 53.2 cm³/mol. The number of aromatic nitrogens is 2. The summed E-state index contributed by atoms with van der Waals surface area (Å²) in [5, 5.41) is 0. The molecule has 4 nitrogen and oxygen atoms in total. The molecule has 0 saturated carbocycles. The van der Waals surface area contributed by atoms with Gasteiger partial charge in [-0.25, -0.2) is 14.3 Å². The smallest absolute Gasteiger partial charge is 0.419 e. The fourth-order valence-corrected chi connectivity index (χ4v) is 0.961. The number of aryl methyl sites for hydroxylation is 1. The summed E-state index contributed by atoms with van der Waals surface area (Å²) in [4.78, 5) is 15.5. The molecule has 4 heteroatoms. The maximum atomic E-state index is 11.5. The van der Waals surface area contributed by atoms with Crippen molar-refractivity contribution in [3.05, 3.63) is 18.2 Å². The van der Waals surface area contributed by atoms with Gasteiger partial charge < -0.3 is 4.74 Å². The van der Waals surface area contributed by atoms with Crippen molar-refractivity contribution in [2.75, 3.05) is 0 Å². The highest BCUT2D eigenvalue weighted by Crippen LogP contribution is 2.09. The van der Waals surface area contributed by atoms with Gasteiger partial charge in [0.15, 0.2) is 0 Å². The number of hydrogen-bond donors (Lipinski definition) is 0. The SMILES string of the molecule is CCc1cn(C(=O)OC(C)(C)C)cn1. The van der Waals surface area contributed by atoms with Gasteiger partial charge in [-0.05, 0) is 27.2 Å². The summed E-state index contributed by atoms with van der Waals surface area (Å²) in [5.41, 5.74) is 0.421. The molecule has 0 fully saturated rings. The van der Waals surface area contributed by atoms with Crippen LogP contribution in [0.4, 0.5) is 4.79 Å². The van der Waals surface area contributed by atoms with Crippen molar-refractivity contribution in [2.45, 2.75) is 39.7 Å². The van der Waals surface area contributed by atoms with Gasteiger partial charge in [-0.15, -0.1) is 0 Å². The molecule has 0 aliphatic rings. The first-order valence-corrected chi connectivity index (χ1v) is 4.68. The molecule has 1 aromatic heterocycles. The van der Waals surface area contributed by atoms with E-state index in [9.17, 15) is 4.79 Å². The zero-order valence-corrected chi connectivity index (χ0v) is 9.07. The normalized spacial score (nSPS) is 11.4. The van der Waals surface area contributed by atoms with Crippen molar-refractivity contribution in [1.29, 1.82) is 0 Å². The monoisotopic (exact) mass is 196 g/mol. The van der Waals surface area contributed by atoms with Crippen molar-refractivity contribution in [1.82, 2.24) is 9.55 Å². The number of rotatable bonds is 1. The number of hydrogen-bond acceptors (Lipinski definition) is 3. The Morgan fingerprint density at radius 2 is 2.21 bits per heavy atom. The van der Waals surface area contributed by atoms with E-state index in [-0.39, 0.29) is 6.09 Å². The minimum absolute atomic E-state index is 0.385. The molecule has 1 aromatic rings. The number of ether oxygens (including phenoxy) is 1. The molecule has 0 bridgehead atoms. The van der Waals surface area contributed by atoms with Gasteiger partial charge in [-0.1, -0.05) is 6.92 Å². The quantitative estimate of drug-likeness (QED) is 0.691. The maximum absolute atomic E-state index is 11.5. The second kappa shape index (κ2) is 3.82. The van der Waals surface area contributed by atoms with Crippen LogP contribution in [-0.2, 0) is 11.2 Å². The van der Waals surface area contributed by atoms with Gasteiger partial charge in [0.05, 0.1) is 5.69 Å². The molecule has 0 unspecified atom stereocenters. The van der Waals surface area contributed by atoms with E-state index in [2.05, 4.69) is 4.98 Å². The molecule has 1 heterocycles. The van der Waals surface area contributed by atoms with Crippen molar-refractivity contribution >= 4 is 6.09 Å². The number of nitrogens with zero attached hydrogens (tertiary/aromatic N) is 2. The van der Waals surface area contributed by atoms with Crippen LogP contribution in [0.3, 0.4) is 0 Å². The van der Waals surface area contributed by atoms with E-state index in [1.165, 1.54) is 10.9 Å². The zero-order chi connectivity index (χ0) is 10.8. The lowest BCUT2D eigenvalue weighted by Crippen LogP contribution is -2.26. The van der Waals surface area contributed by atoms with E-state index >= 15 is 0 Å². The van der Waals surface area contributed by atoms with Crippen molar-refractivity contribution < 1.29 is 9.53 Å². The molecule has 0 amide bonds. The van der Waals surface area contributed by atoms with E-state index < -0.39 is 5.60 Å². The molecule has 0 radical (unpaired) electrons. The largest absolute Gasteiger partial charge is 0.443 e. The fourth-order valence-electron chi connectivity index (χ4n) is 0.961. The Bertz CT molecular complexity index is 323. The molecule has 78 valence electrons. The molecule has 1 rings (SSSR count). The Hall–Kier alpha value is -1.32. The van der Waals surface area contributed by atoms with Crippen molar-refractivity contribution in [2.24, 2.45) is 0 Å². The summed E-state index contributed by atoms with van der Waals surface area (Å²) in [5.74, 6) is 0. The average molecular weight is 196 g/mol. The van der Waals surface area contributed by atoms with Crippen LogP contribution < -0.4 is 0 Å². The van der Waals surface area contributed by atoms with Gasteiger partial charge in [-0.3, -0.25) is 0 Å². The first-order chi connectivity index (χ1) is 6.42. The molecule has 0 atom stereocenters. The first kappa shape index (κ1) is 10.8.